The number of benzene rings is 1. The Morgan fingerprint density at radius 3 is 2.46 bits per heavy atom. The van der Waals surface area contributed by atoms with Crippen LogP contribution in [0.25, 0.3) is 11.4 Å². The summed E-state index contributed by atoms with van der Waals surface area (Å²) in [5.74, 6) is -0.301. The SMILES string of the molecule is O=C(O)C1CCC(C(=O)NCCc2nc(-c3ccc(Cl)cc3)no2)CC1. The predicted octanol–water partition coefficient (Wildman–Crippen LogP) is 2.94. The Balaban J connectivity index is 1.44. The van der Waals surface area contributed by atoms with Gasteiger partial charge in [-0.3, -0.25) is 9.59 Å². The quantitative estimate of drug-likeness (QED) is 0.801. The molecule has 1 heterocycles. The van der Waals surface area contributed by atoms with Crippen molar-refractivity contribution in [3.05, 3.63) is 35.2 Å². The number of hydrogen-bond acceptors (Lipinski definition) is 5. The fourth-order valence-corrected chi connectivity index (χ4v) is 3.24. The number of amides is 1. The van der Waals surface area contributed by atoms with E-state index in [1.807, 2.05) is 12.1 Å². The van der Waals surface area contributed by atoms with Crippen LogP contribution in [0.5, 0.6) is 0 Å². The van der Waals surface area contributed by atoms with Crippen LogP contribution in [0.2, 0.25) is 5.02 Å². The van der Waals surface area contributed by atoms with Crippen LogP contribution in [0.4, 0.5) is 0 Å². The third-order valence-corrected chi connectivity index (χ3v) is 4.91. The molecule has 1 aromatic carbocycles. The Labute approximate surface area is 155 Å². The van der Waals surface area contributed by atoms with Crippen molar-refractivity contribution in [2.75, 3.05) is 6.54 Å². The zero-order valence-corrected chi connectivity index (χ0v) is 14.9. The van der Waals surface area contributed by atoms with Crippen molar-refractivity contribution in [3.63, 3.8) is 0 Å². The van der Waals surface area contributed by atoms with E-state index >= 15 is 0 Å². The molecule has 0 bridgehead atoms. The molecule has 1 fully saturated rings. The van der Waals surface area contributed by atoms with Crippen LogP contribution < -0.4 is 5.32 Å². The number of aromatic nitrogens is 2. The van der Waals surface area contributed by atoms with Gasteiger partial charge in [0.05, 0.1) is 5.92 Å². The van der Waals surface area contributed by atoms with E-state index in [0.29, 0.717) is 55.4 Å². The Hall–Kier alpha value is -2.41. The van der Waals surface area contributed by atoms with Gasteiger partial charge < -0.3 is 14.9 Å². The van der Waals surface area contributed by atoms with Crippen molar-refractivity contribution < 1.29 is 19.2 Å². The van der Waals surface area contributed by atoms with Crippen LogP contribution in [0.1, 0.15) is 31.6 Å². The molecule has 0 unspecified atom stereocenters. The minimum Gasteiger partial charge on any atom is -0.481 e. The van der Waals surface area contributed by atoms with E-state index in [-0.39, 0.29) is 17.7 Å². The highest BCUT2D eigenvalue weighted by Crippen LogP contribution is 2.29. The highest BCUT2D eigenvalue weighted by molar-refractivity contribution is 6.30. The monoisotopic (exact) mass is 377 g/mol. The first-order chi connectivity index (χ1) is 12.5. The maximum atomic E-state index is 12.2. The molecule has 1 aliphatic carbocycles. The summed E-state index contributed by atoms with van der Waals surface area (Å²) in [4.78, 5) is 27.4. The molecule has 1 aromatic heterocycles. The molecular formula is C18H20ClN3O4. The van der Waals surface area contributed by atoms with Crippen LogP contribution in [-0.4, -0.2) is 33.7 Å². The van der Waals surface area contributed by atoms with Gasteiger partial charge in [-0.25, -0.2) is 0 Å². The number of carboxylic acid groups (broad SMARTS) is 1. The van der Waals surface area contributed by atoms with Crippen LogP contribution in [0.15, 0.2) is 28.8 Å². The van der Waals surface area contributed by atoms with Gasteiger partial charge in [-0.1, -0.05) is 16.8 Å². The smallest absolute Gasteiger partial charge is 0.306 e. The summed E-state index contributed by atoms with van der Waals surface area (Å²) in [6.07, 6.45) is 2.79. The van der Waals surface area contributed by atoms with Crippen molar-refractivity contribution >= 4 is 23.5 Å². The first-order valence-electron chi connectivity index (χ1n) is 8.62. The standard InChI is InChI=1S/C18H20ClN3O4/c19-14-7-5-11(6-8-14)16-21-15(26-22-16)9-10-20-17(23)12-1-3-13(4-2-12)18(24)25/h5-8,12-13H,1-4,9-10H2,(H,20,23)(H,24,25). The normalized spacial score (nSPS) is 19.9. The molecule has 8 heteroatoms. The highest BCUT2D eigenvalue weighted by atomic mass is 35.5. The number of halogens is 1. The van der Waals surface area contributed by atoms with Gasteiger partial charge in [0.2, 0.25) is 17.6 Å². The first-order valence-corrected chi connectivity index (χ1v) is 9.00. The largest absolute Gasteiger partial charge is 0.481 e. The summed E-state index contributed by atoms with van der Waals surface area (Å²) < 4.78 is 5.21. The molecule has 7 nitrogen and oxygen atoms in total. The molecule has 1 aliphatic rings. The zero-order valence-electron chi connectivity index (χ0n) is 14.2. The Bertz CT molecular complexity index is 767. The van der Waals surface area contributed by atoms with E-state index in [0.717, 1.165) is 5.56 Å². The second-order valence-corrected chi connectivity index (χ2v) is 6.88. The summed E-state index contributed by atoms with van der Waals surface area (Å²) in [5, 5.41) is 16.4. The number of nitrogens with one attached hydrogen (secondary N) is 1. The zero-order chi connectivity index (χ0) is 18.5. The van der Waals surface area contributed by atoms with Gasteiger partial charge in [0, 0.05) is 29.5 Å². The summed E-state index contributed by atoms with van der Waals surface area (Å²) in [5.41, 5.74) is 0.809. The molecule has 0 aliphatic heterocycles. The number of hydrogen-bond donors (Lipinski definition) is 2. The lowest BCUT2D eigenvalue weighted by molar-refractivity contribution is -0.144. The molecule has 0 radical (unpaired) electrons. The lowest BCUT2D eigenvalue weighted by Gasteiger charge is -2.25. The predicted molar refractivity (Wildman–Crippen MR) is 94.5 cm³/mol. The molecule has 3 rings (SSSR count). The molecule has 2 N–H and O–H groups in total. The number of carboxylic acids is 1. The van der Waals surface area contributed by atoms with Crippen LogP contribution in [0.3, 0.4) is 0 Å². The van der Waals surface area contributed by atoms with Crippen molar-refractivity contribution in [3.8, 4) is 11.4 Å². The molecule has 26 heavy (non-hydrogen) atoms. The molecule has 2 aromatic rings. The number of rotatable bonds is 6. The fourth-order valence-electron chi connectivity index (χ4n) is 3.11. The molecule has 0 saturated heterocycles. The third kappa shape index (κ3) is 4.60. The minimum absolute atomic E-state index is 0.0359. The molecule has 0 spiro atoms. The molecule has 0 atom stereocenters. The summed E-state index contributed by atoms with van der Waals surface area (Å²) >= 11 is 5.86. The Kier molecular flexibility index (Phi) is 5.88. The van der Waals surface area contributed by atoms with Crippen molar-refractivity contribution in [1.82, 2.24) is 15.5 Å². The molecule has 138 valence electrons. The topological polar surface area (TPSA) is 105 Å². The molecule has 1 saturated carbocycles. The van der Waals surface area contributed by atoms with E-state index in [4.69, 9.17) is 21.2 Å². The van der Waals surface area contributed by atoms with Gasteiger partial charge in [-0.2, -0.15) is 4.98 Å². The highest BCUT2D eigenvalue weighted by Gasteiger charge is 2.29. The third-order valence-electron chi connectivity index (χ3n) is 4.66. The van der Waals surface area contributed by atoms with Crippen LogP contribution >= 0.6 is 11.6 Å². The Morgan fingerprint density at radius 1 is 1.15 bits per heavy atom. The average Bonchev–Trinajstić information content (AvgIpc) is 3.11. The second-order valence-electron chi connectivity index (χ2n) is 6.45. The summed E-state index contributed by atoms with van der Waals surface area (Å²) in [6, 6.07) is 7.14. The van der Waals surface area contributed by atoms with Crippen LogP contribution in [0, 0.1) is 11.8 Å². The molecule has 1 amide bonds. The van der Waals surface area contributed by atoms with Crippen molar-refractivity contribution in [1.29, 1.82) is 0 Å². The summed E-state index contributed by atoms with van der Waals surface area (Å²) in [7, 11) is 0. The minimum atomic E-state index is -0.767. The van der Waals surface area contributed by atoms with Gasteiger partial charge in [-0.05, 0) is 49.9 Å². The van der Waals surface area contributed by atoms with E-state index in [1.54, 1.807) is 12.1 Å². The number of carbonyl (C=O) groups excluding carboxylic acids is 1. The van der Waals surface area contributed by atoms with Gasteiger partial charge in [0.15, 0.2) is 0 Å². The van der Waals surface area contributed by atoms with E-state index < -0.39 is 5.97 Å². The first kappa shape index (κ1) is 18.4. The maximum absolute atomic E-state index is 12.2. The van der Waals surface area contributed by atoms with Gasteiger partial charge >= 0.3 is 5.97 Å². The molecular weight excluding hydrogens is 358 g/mol. The van der Waals surface area contributed by atoms with Gasteiger partial charge in [0.25, 0.3) is 0 Å². The van der Waals surface area contributed by atoms with E-state index in [2.05, 4.69) is 15.5 Å². The Morgan fingerprint density at radius 2 is 1.81 bits per heavy atom. The second kappa shape index (κ2) is 8.31. The van der Waals surface area contributed by atoms with E-state index in [9.17, 15) is 9.59 Å². The van der Waals surface area contributed by atoms with Crippen LogP contribution in [-0.2, 0) is 16.0 Å². The fraction of sp³-hybridized carbons (Fsp3) is 0.444. The van der Waals surface area contributed by atoms with Crippen molar-refractivity contribution in [2.24, 2.45) is 11.8 Å². The number of aliphatic carboxylic acids is 1. The van der Waals surface area contributed by atoms with Gasteiger partial charge in [-0.15, -0.1) is 0 Å². The maximum Gasteiger partial charge on any atom is 0.306 e. The number of nitrogens with zero attached hydrogens (tertiary/aromatic N) is 2. The lowest BCUT2D eigenvalue weighted by Crippen LogP contribution is -2.35. The number of carbonyl (C=O) groups is 2. The van der Waals surface area contributed by atoms with Gasteiger partial charge in [0.1, 0.15) is 0 Å². The van der Waals surface area contributed by atoms with E-state index in [1.165, 1.54) is 0 Å². The average molecular weight is 378 g/mol. The summed E-state index contributed by atoms with van der Waals surface area (Å²) in [6.45, 7) is 0.403. The van der Waals surface area contributed by atoms with Crippen molar-refractivity contribution in [2.45, 2.75) is 32.1 Å². The lowest BCUT2D eigenvalue weighted by atomic mass is 9.81.